The number of nitrogens with zero attached hydrogens (tertiary/aromatic N) is 3. The zero-order valence-corrected chi connectivity index (χ0v) is 82.9. The number of carbonyl (C=O) groups is 12. The van der Waals surface area contributed by atoms with Gasteiger partial charge in [-0.3, -0.25) is 62.6 Å². The second-order valence-corrected chi connectivity index (χ2v) is 42.3. The molecule has 3 heterocycles. The quantitative estimate of drug-likeness (QED) is 0.0674. The van der Waals surface area contributed by atoms with Crippen LogP contribution in [0.25, 0.3) is 39.0 Å². The molecule has 19 nitrogen and oxygen atoms in total. The number of alkyl halides is 2. The van der Waals surface area contributed by atoms with Gasteiger partial charge in [0.2, 0.25) is 23.6 Å². The molecule has 2 N–H and O–H groups in total. The first-order valence-corrected chi connectivity index (χ1v) is 47.7. The first-order valence-electron chi connectivity index (χ1n) is 45.3. The standard InChI is InChI=1S/C38H32O2.C30H31BrN2O5.C26H24BrNO3.C11H15BrN2O4.C7H8/c1-25-30(26-17-9-5-10-18-26)38(29-23-15-8-16-24-29)36(3)32(28-21-13-7-14-22-28)31(27-19-11-6-12-20-27)35(2,34(36)40)37(38,4)33(25)39;1-27(2,3)38-26(37)32-16-17-33-23(34)22-28(4)20(18-12-8-6-9-13-18)21(19-14-10-7-11-15-19)29(5,24(28)35)30(22,31)25(33)36;1-4-15-28-21(29)20-24(2)18(16-11-7-5-8-12-16)19(17-13-9-6-10-14-17)25(3,22(24)30)26(20,27)23(28)31;1-11(2,3)18-10(17)13-4-5-14-8(15)6-7(12)9(14)16;1-7-5-3-2-4-6-7/h5-24H,1-4H3;6-15,22H,16-17H2,1-5H3,(H,32,37);5-14,20H,4,15H2,1-3H3;6H,4-5H2,1-3H3,(H,13,17);2-6H,1H3. The summed E-state index contributed by atoms with van der Waals surface area (Å²) in [4.78, 5) is 164. The van der Waals surface area contributed by atoms with Crippen molar-refractivity contribution in [3.05, 3.63) is 339 Å². The fourth-order valence-corrected chi connectivity index (χ4v) is 26.8. The molecule has 0 radical (unpaired) electrons. The molecule has 3 aliphatic heterocycles. The van der Waals surface area contributed by atoms with E-state index in [9.17, 15) is 52.7 Å². The minimum Gasteiger partial charge on any atom is -0.444 e. The lowest BCUT2D eigenvalue weighted by molar-refractivity contribution is -0.145. The van der Waals surface area contributed by atoms with Gasteiger partial charge in [-0.2, -0.15) is 0 Å². The van der Waals surface area contributed by atoms with E-state index in [1.54, 1.807) is 55.4 Å². The third-order valence-corrected chi connectivity index (χ3v) is 32.9. The molecule has 19 rings (SSSR count). The maximum absolute atomic E-state index is 15.4. The number of fused-ring (bicyclic) bond motifs is 15. The topological polar surface area (TPSA) is 257 Å². The van der Waals surface area contributed by atoms with Crippen LogP contribution in [0.5, 0.6) is 0 Å². The first-order chi connectivity index (χ1) is 63.4. The summed E-state index contributed by atoms with van der Waals surface area (Å²) in [5, 5.41) is 5.10. The number of ketones is 4. The second kappa shape index (κ2) is 35.5. The van der Waals surface area contributed by atoms with Gasteiger partial charge in [-0.15, -0.1) is 0 Å². The Morgan fingerprint density at radius 2 is 0.664 bits per heavy atom. The van der Waals surface area contributed by atoms with Crippen LogP contribution >= 0.6 is 47.8 Å². The van der Waals surface area contributed by atoms with Gasteiger partial charge in [-0.1, -0.05) is 317 Å². The predicted octanol–water partition coefficient (Wildman–Crippen LogP) is 20.9. The minimum atomic E-state index is -1.45. The number of ether oxygens (including phenoxy) is 2. The SMILES string of the molecule is CC(C)(C)OC(=O)NCCN1C(=O)C2C3(C)C(=O)C(C)(C(c4ccccc4)=C3c3ccccc3)C2(Br)C1=O.CC(C)(C)OC(=O)NCCN1C(=O)C=C(Br)C1=O.CC1=C(c2ccccc2)C2(c3ccccc3)C3(C)C(=O)C(C)(C(c4ccccc4)=C3c3ccccc3)C2(C)C1=O.CCCN1C(=O)C2C3(C)C(=O)C(C)(C(c4ccccc4)=C3c3ccccc3)C2(Br)C1=O.Cc1ccccc1. The van der Waals surface area contributed by atoms with Crippen LogP contribution in [0.3, 0.4) is 0 Å². The molecule has 22 heteroatoms. The fourth-order valence-electron chi connectivity index (χ4n) is 23.9. The Bertz CT molecular complexity index is 6460. The van der Waals surface area contributed by atoms with Crippen molar-refractivity contribution in [1.82, 2.24) is 25.3 Å². The zero-order valence-electron chi connectivity index (χ0n) is 78.1. The Hall–Kier alpha value is -12.2. The number of carbonyl (C=O) groups excluding carboxylic acids is 12. The van der Waals surface area contributed by atoms with Crippen LogP contribution in [0.2, 0.25) is 0 Å². The summed E-state index contributed by atoms with van der Waals surface area (Å²) in [7, 11) is 0. The number of Topliss-reactive ketones (excluding diaryl/α,β-unsaturated/α-hetero) is 4. The first kappa shape index (κ1) is 96.3. The molecule has 3 saturated carbocycles. The van der Waals surface area contributed by atoms with Gasteiger partial charge in [0.15, 0.2) is 23.1 Å². The predicted molar refractivity (Wildman–Crippen MR) is 530 cm³/mol. The maximum atomic E-state index is 15.4. The van der Waals surface area contributed by atoms with Gasteiger partial charge in [0.05, 0.1) is 59.6 Å². The van der Waals surface area contributed by atoms with Crippen LogP contribution in [-0.2, 0) is 62.8 Å². The Balaban J connectivity index is 0.000000137. The fraction of sp³-hybridized carbons (Fsp3) is 0.321. The van der Waals surface area contributed by atoms with Crippen LogP contribution in [-0.4, -0.2) is 138 Å². The Labute approximate surface area is 808 Å². The molecule has 8 amide bonds. The smallest absolute Gasteiger partial charge is 0.407 e. The number of nitrogens with one attached hydrogen (secondary N) is 2. The second-order valence-electron chi connectivity index (χ2n) is 39.0. The van der Waals surface area contributed by atoms with Crippen molar-refractivity contribution in [3.8, 4) is 0 Å². The van der Waals surface area contributed by atoms with Crippen molar-refractivity contribution in [2.75, 3.05) is 32.7 Å². The van der Waals surface area contributed by atoms with Crippen LogP contribution in [0.4, 0.5) is 9.59 Å². The number of halogens is 3. The average molecular weight is 1990 g/mol. The van der Waals surface area contributed by atoms with E-state index >= 15 is 4.79 Å². The summed E-state index contributed by atoms with van der Waals surface area (Å²) < 4.78 is 7.79. The van der Waals surface area contributed by atoms with Crippen molar-refractivity contribution >= 4 is 158 Å². The van der Waals surface area contributed by atoms with Crippen LogP contribution in [0.1, 0.15) is 160 Å². The molecule has 134 heavy (non-hydrogen) atoms. The molecule has 9 aromatic rings. The number of hydrogen-bond donors (Lipinski definition) is 2. The molecule has 0 aromatic heterocycles. The molecular weight excluding hydrogens is 1880 g/mol. The molecule has 6 bridgehead atoms. The molecule has 7 aliphatic carbocycles. The highest BCUT2D eigenvalue weighted by molar-refractivity contribution is 9.12. The van der Waals surface area contributed by atoms with Crippen molar-refractivity contribution in [1.29, 1.82) is 0 Å². The summed E-state index contributed by atoms with van der Waals surface area (Å²) in [6, 6.07) is 90.2. The minimum absolute atomic E-state index is 0.0253. The van der Waals surface area contributed by atoms with E-state index in [4.69, 9.17) is 9.47 Å². The van der Waals surface area contributed by atoms with Gasteiger partial charge >= 0.3 is 12.2 Å². The van der Waals surface area contributed by atoms with E-state index in [2.05, 4.69) is 147 Å². The number of rotatable bonds is 16. The number of aryl methyl sites for hydroxylation is 1. The van der Waals surface area contributed by atoms with Crippen molar-refractivity contribution in [2.45, 2.75) is 142 Å². The molecule has 9 aromatic carbocycles. The average Bonchev–Trinajstić information content (AvgIpc) is 1.43. The van der Waals surface area contributed by atoms with Gasteiger partial charge in [0.1, 0.15) is 19.9 Å². The summed E-state index contributed by atoms with van der Waals surface area (Å²) >= 11 is 10.5. The monoisotopic (exact) mass is 1990 g/mol. The lowest BCUT2D eigenvalue weighted by Crippen LogP contribution is -2.56. The molecule has 2 saturated heterocycles. The van der Waals surface area contributed by atoms with Crippen molar-refractivity contribution < 1.29 is 67.0 Å². The van der Waals surface area contributed by atoms with Gasteiger partial charge in [0, 0.05) is 38.8 Å². The number of amides is 8. The van der Waals surface area contributed by atoms with Gasteiger partial charge in [-0.25, -0.2) is 9.59 Å². The molecule has 688 valence electrons. The molecule has 0 spiro atoms. The largest absolute Gasteiger partial charge is 0.444 e. The highest BCUT2D eigenvalue weighted by atomic mass is 79.9. The summed E-state index contributed by atoms with van der Waals surface area (Å²) in [6.07, 6.45) is 0.683. The van der Waals surface area contributed by atoms with E-state index < -0.39 is 111 Å². The van der Waals surface area contributed by atoms with Gasteiger partial charge < -0.3 is 20.1 Å². The summed E-state index contributed by atoms with van der Waals surface area (Å²) in [6.45, 7) is 30.7. The van der Waals surface area contributed by atoms with E-state index in [1.807, 2.05) is 240 Å². The number of allylic oxidation sites excluding steroid dienone is 8. The van der Waals surface area contributed by atoms with E-state index in [0.29, 0.717) is 13.0 Å². The lowest BCUT2D eigenvalue weighted by atomic mass is 9.43. The maximum Gasteiger partial charge on any atom is 0.407 e. The summed E-state index contributed by atoms with van der Waals surface area (Å²) in [5.74, 6) is -3.90. The summed E-state index contributed by atoms with van der Waals surface area (Å²) in [5.41, 5.74) is 5.87. The van der Waals surface area contributed by atoms with E-state index in [-0.39, 0.29) is 65.6 Å². The van der Waals surface area contributed by atoms with Gasteiger partial charge in [-0.05, 0) is 215 Å². The Morgan fingerprint density at radius 1 is 0.373 bits per heavy atom. The highest BCUT2D eigenvalue weighted by Crippen LogP contribution is 2.87. The molecule has 12 unspecified atom stereocenters. The van der Waals surface area contributed by atoms with Crippen molar-refractivity contribution in [2.24, 2.45) is 49.7 Å². The molecule has 12 atom stereocenters. The Morgan fingerprint density at radius 3 is 0.970 bits per heavy atom. The Kier molecular flexibility index (Phi) is 25.6. The number of hydrogen-bond acceptors (Lipinski definition) is 14. The number of likely N-dealkylation sites (tertiary alicyclic amines) is 2. The lowest BCUT2D eigenvalue weighted by Gasteiger charge is -2.55. The van der Waals surface area contributed by atoms with E-state index in [1.165, 1.54) is 21.4 Å². The van der Waals surface area contributed by atoms with Crippen LogP contribution < -0.4 is 10.6 Å². The number of benzene rings is 9. The van der Waals surface area contributed by atoms with Crippen molar-refractivity contribution in [3.63, 3.8) is 0 Å². The van der Waals surface area contributed by atoms with Crippen LogP contribution in [0, 0.1) is 56.7 Å². The molecule has 10 aliphatic rings. The number of imide groups is 3. The van der Waals surface area contributed by atoms with E-state index in [0.717, 1.165) is 94.0 Å². The molecule has 5 fully saturated rings. The zero-order chi connectivity index (χ0) is 96.8. The highest BCUT2D eigenvalue weighted by Gasteiger charge is 2.90. The third kappa shape index (κ3) is 14.3. The normalized spacial score (nSPS) is 28.2. The van der Waals surface area contributed by atoms with Gasteiger partial charge in [0.25, 0.3) is 11.8 Å². The number of alkyl carbamates (subject to hydrolysis) is 2. The molecular formula is C112H110Br3N5O14. The van der Waals surface area contributed by atoms with Crippen LogP contribution in [0.15, 0.2) is 289 Å². The third-order valence-electron chi connectivity index (χ3n) is 29.1.